The molecule has 0 aliphatic heterocycles. The quantitative estimate of drug-likeness (QED) is 0.713. The average Bonchev–Trinajstić information content (AvgIpc) is 2.12. The lowest BCUT2D eigenvalue weighted by molar-refractivity contribution is -0.144. The molecule has 0 rings (SSSR count). The van der Waals surface area contributed by atoms with Crippen LogP contribution in [0, 0.1) is 12.3 Å². The lowest BCUT2D eigenvalue weighted by Crippen LogP contribution is -2.42. The summed E-state index contributed by atoms with van der Waals surface area (Å²) in [6.45, 7) is -0.402. The Kier molecular flexibility index (Phi) is 5.15. The highest BCUT2D eigenvalue weighted by Crippen LogP contribution is 2.19. The second-order valence-corrected chi connectivity index (χ2v) is 3.14. The van der Waals surface area contributed by atoms with Crippen molar-refractivity contribution in [1.82, 2.24) is 4.90 Å². The molecule has 0 aromatic carbocycles. The van der Waals surface area contributed by atoms with E-state index in [-0.39, 0.29) is 6.42 Å². The predicted molar refractivity (Wildman–Crippen MR) is 49.7 cm³/mol. The Bertz CT molecular complexity index is 257. The van der Waals surface area contributed by atoms with Gasteiger partial charge in [0.25, 0.3) is 0 Å². The molecule has 6 heteroatoms. The van der Waals surface area contributed by atoms with E-state index in [0.717, 1.165) is 4.90 Å². The molecule has 0 heterocycles. The Morgan fingerprint density at radius 2 is 2.13 bits per heavy atom. The van der Waals surface area contributed by atoms with Gasteiger partial charge in [-0.2, -0.15) is 13.2 Å². The second kappa shape index (κ2) is 5.61. The summed E-state index contributed by atoms with van der Waals surface area (Å²) in [5.74, 6) is 1.61. The van der Waals surface area contributed by atoms with Gasteiger partial charge < -0.3 is 10.6 Å². The zero-order valence-corrected chi connectivity index (χ0v) is 8.34. The molecule has 0 aliphatic carbocycles. The first-order valence-corrected chi connectivity index (χ1v) is 4.28. The fourth-order valence-corrected chi connectivity index (χ4v) is 0.902. The van der Waals surface area contributed by atoms with Crippen LogP contribution in [0.1, 0.15) is 12.8 Å². The number of hydrogen-bond acceptors (Lipinski definition) is 2. The molecule has 0 saturated carbocycles. The number of alkyl halides is 3. The minimum absolute atomic E-state index is 0.0230. The first-order chi connectivity index (χ1) is 6.78. The van der Waals surface area contributed by atoms with Gasteiger partial charge in [-0.25, -0.2) is 0 Å². The molecule has 1 amide bonds. The highest BCUT2D eigenvalue weighted by Gasteiger charge is 2.28. The lowest BCUT2D eigenvalue weighted by Gasteiger charge is -2.20. The third-order valence-electron chi connectivity index (χ3n) is 1.76. The van der Waals surface area contributed by atoms with Crippen molar-refractivity contribution in [2.45, 2.75) is 25.1 Å². The van der Waals surface area contributed by atoms with Gasteiger partial charge in [-0.15, -0.1) is 12.3 Å². The summed E-state index contributed by atoms with van der Waals surface area (Å²) in [7, 11) is 1.27. The molecule has 0 aromatic heterocycles. The van der Waals surface area contributed by atoms with Gasteiger partial charge in [-0.1, -0.05) is 0 Å². The maximum atomic E-state index is 11.8. The SMILES string of the molecule is C#CCC(N)C(=O)N(C)CCC(F)(F)F. The number of nitrogens with two attached hydrogens (primary N) is 1. The molecule has 15 heavy (non-hydrogen) atoms. The summed E-state index contributed by atoms with van der Waals surface area (Å²) < 4.78 is 35.5. The second-order valence-electron chi connectivity index (χ2n) is 3.14. The van der Waals surface area contributed by atoms with Crippen LogP contribution < -0.4 is 5.73 Å². The Balaban J connectivity index is 4.06. The van der Waals surface area contributed by atoms with Crippen LogP contribution in [0.15, 0.2) is 0 Å². The first-order valence-electron chi connectivity index (χ1n) is 4.28. The molecule has 0 aromatic rings. The number of carbonyl (C=O) groups excluding carboxylic acids is 1. The van der Waals surface area contributed by atoms with Crippen molar-refractivity contribution in [3.63, 3.8) is 0 Å². The van der Waals surface area contributed by atoms with E-state index in [1.807, 2.05) is 0 Å². The van der Waals surface area contributed by atoms with Crippen molar-refractivity contribution in [3.05, 3.63) is 0 Å². The number of rotatable bonds is 4. The third kappa shape index (κ3) is 5.96. The molecule has 3 nitrogen and oxygen atoms in total. The van der Waals surface area contributed by atoms with E-state index in [0.29, 0.717) is 0 Å². The molecule has 0 saturated heterocycles. The van der Waals surface area contributed by atoms with E-state index in [2.05, 4.69) is 5.92 Å². The van der Waals surface area contributed by atoms with Crippen molar-refractivity contribution < 1.29 is 18.0 Å². The largest absolute Gasteiger partial charge is 0.390 e. The molecule has 0 bridgehead atoms. The van der Waals surface area contributed by atoms with Crippen LogP contribution in [0.25, 0.3) is 0 Å². The normalized spacial score (nSPS) is 13.1. The van der Waals surface area contributed by atoms with Crippen LogP contribution in [0.3, 0.4) is 0 Å². The van der Waals surface area contributed by atoms with Crippen molar-refractivity contribution >= 4 is 5.91 Å². The molecular formula is C9H13F3N2O. The van der Waals surface area contributed by atoms with Crippen LogP contribution in [0.5, 0.6) is 0 Å². The Hall–Kier alpha value is -1.22. The molecule has 0 fully saturated rings. The summed E-state index contributed by atoms with van der Waals surface area (Å²) in [6.07, 6.45) is -0.364. The number of carbonyl (C=O) groups is 1. The first kappa shape index (κ1) is 13.8. The average molecular weight is 222 g/mol. The third-order valence-corrected chi connectivity index (χ3v) is 1.76. The summed E-state index contributed by atoms with van der Waals surface area (Å²) in [5, 5.41) is 0. The van der Waals surface area contributed by atoms with Gasteiger partial charge >= 0.3 is 6.18 Å². The molecule has 0 radical (unpaired) electrons. The van der Waals surface area contributed by atoms with Gasteiger partial charge in [0.15, 0.2) is 0 Å². The minimum atomic E-state index is -4.27. The van der Waals surface area contributed by atoms with Crippen molar-refractivity contribution in [2.24, 2.45) is 5.73 Å². The summed E-state index contributed by atoms with van der Waals surface area (Å²) in [5.41, 5.74) is 5.35. The Labute approximate surface area is 86.4 Å². The number of nitrogens with zero attached hydrogens (tertiary/aromatic N) is 1. The Morgan fingerprint density at radius 1 is 1.60 bits per heavy atom. The van der Waals surface area contributed by atoms with E-state index in [4.69, 9.17) is 12.2 Å². The highest BCUT2D eigenvalue weighted by atomic mass is 19.4. The topological polar surface area (TPSA) is 46.3 Å². The van der Waals surface area contributed by atoms with Gasteiger partial charge in [0.05, 0.1) is 12.5 Å². The van der Waals surface area contributed by atoms with E-state index in [9.17, 15) is 18.0 Å². The van der Waals surface area contributed by atoms with Crippen LogP contribution in [-0.2, 0) is 4.79 Å². The maximum Gasteiger partial charge on any atom is 0.390 e. The van der Waals surface area contributed by atoms with E-state index in [1.165, 1.54) is 7.05 Å². The zero-order chi connectivity index (χ0) is 12.1. The van der Waals surface area contributed by atoms with Gasteiger partial charge in [0.2, 0.25) is 5.91 Å². The molecular weight excluding hydrogens is 209 g/mol. The van der Waals surface area contributed by atoms with Crippen molar-refractivity contribution in [1.29, 1.82) is 0 Å². The number of hydrogen-bond donors (Lipinski definition) is 1. The molecule has 0 spiro atoms. The summed E-state index contributed by atoms with van der Waals surface area (Å²) in [6, 6.07) is -0.923. The fraction of sp³-hybridized carbons (Fsp3) is 0.667. The lowest BCUT2D eigenvalue weighted by atomic mass is 10.2. The van der Waals surface area contributed by atoms with Crippen LogP contribution in [-0.4, -0.2) is 36.6 Å². The number of amides is 1. The van der Waals surface area contributed by atoms with Gasteiger partial charge in [0.1, 0.15) is 0 Å². The molecule has 86 valence electrons. The standard InChI is InChI=1S/C9H13F3N2O/c1-3-4-7(13)8(15)14(2)6-5-9(10,11)12/h1,7H,4-6,13H2,2H3. The monoisotopic (exact) mass is 222 g/mol. The van der Waals surface area contributed by atoms with Crippen LogP contribution in [0.4, 0.5) is 13.2 Å². The van der Waals surface area contributed by atoms with Gasteiger partial charge in [-0.05, 0) is 0 Å². The highest BCUT2D eigenvalue weighted by molar-refractivity contribution is 5.81. The minimum Gasteiger partial charge on any atom is -0.344 e. The number of halogens is 3. The summed E-state index contributed by atoms with van der Waals surface area (Å²) in [4.78, 5) is 12.2. The molecule has 1 unspecified atom stereocenters. The van der Waals surface area contributed by atoms with Crippen LogP contribution >= 0.6 is 0 Å². The number of likely N-dealkylation sites (N-methyl/N-ethyl adjacent to an activating group) is 1. The fourth-order valence-electron chi connectivity index (χ4n) is 0.902. The smallest absolute Gasteiger partial charge is 0.344 e. The molecule has 2 N–H and O–H groups in total. The zero-order valence-electron chi connectivity index (χ0n) is 8.34. The van der Waals surface area contributed by atoms with Crippen LogP contribution in [0.2, 0.25) is 0 Å². The summed E-state index contributed by atoms with van der Waals surface area (Å²) >= 11 is 0. The van der Waals surface area contributed by atoms with Gasteiger partial charge in [-0.3, -0.25) is 4.79 Å². The number of terminal acetylenes is 1. The maximum absolute atomic E-state index is 11.8. The van der Waals surface area contributed by atoms with Crippen molar-refractivity contribution in [3.8, 4) is 12.3 Å². The van der Waals surface area contributed by atoms with Gasteiger partial charge in [0, 0.05) is 20.0 Å². The molecule has 0 aliphatic rings. The predicted octanol–water partition coefficient (Wildman–Crippen LogP) is 0.748. The van der Waals surface area contributed by atoms with E-state index in [1.54, 1.807) is 0 Å². The van der Waals surface area contributed by atoms with Crippen molar-refractivity contribution in [2.75, 3.05) is 13.6 Å². The van der Waals surface area contributed by atoms with E-state index < -0.39 is 31.1 Å². The molecule has 1 atom stereocenters. The Morgan fingerprint density at radius 3 is 2.53 bits per heavy atom. The van der Waals surface area contributed by atoms with E-state index >= 15 is 0 Å².